The molecule has 1 fully saturated rings. The van der Waals surface area contributed by atoms with Gasteiger partial charge < -0.3 is 15.7 Å². The first kappa shape index (κ1) is 20.3. The molecule has 0 atom stereocenters. The Bertz CT molecular complexity index is 1230. The molecule has 1 aliphatic carbocycles. The van der Waals surface area contributed by atoms with Crippen LogP contribution in [0.2, 0.25) is 0 Å². The third kappa shape index (κ3) is 4.80. The lowest BCUT2D eigenvalue weighted by Crippen LogP contribution is -2.25. The van der Waals surface area contributed by atoms with Crippen LogP contribution in [0.15, 0.2) is 66.7 Å². The molecule has 3 aromatic rings. The van der Waals surface area contributed by atoms with E-state index < -0.39 is 11.9 Å². The molecule has 156 valence electrons. The van der Waals surface area contributed by atoms with Crippen LogP contribution < -0.4 is 10.6 Å². The Balaban J connectivity index is 1.56. The van der Waals surface area contributed by atoms with Crippen molar-refractivity contribution in [3.05, 3.63) is 83.4 Å². The molecular weight excluding hydrogens is 392 g/mol. The molecular formula is C25H22N2O4. The van der Waals surface area contributed by atoms with Crippen LogP contribution in [0.5, 0.6) is 0 Å². The summed E-state index contributed by atoms with van der Waals surface area (Å²) >= 11 is 0. The van der Waals surface area contributed by atoms with Gasteiger partial charge in [-0.3, -0.25) is 9.59 Å². The number of nitrogens with one attached hydrogen (secondary N) is 2. The third-order valence-electron chi connectivity index (χ3n) is 5.24. The van der Waals surface area contributed by atoms with Gasteiger partial charge in [0, 0.05) is 17.7 Å². The quantitative estimate of drug-likeness (QED) is 0.519. The first-order valence-corrected chi connectivity index (χ1v) is 10.1. The van der Waals surface area contributed by atoms with Crippen molar-refractivity contribution in [2.24, 2.45) is 0 Å². The number of amides is 2. The zero-order valence-corrected chi connectivity index (χ0v) is 17.0. The van der Waals surface area contributed by atoms with E-state index >= 15 is 0 Å². The molecule has 4 rings (SSSR count). The van der Waals surface area contributed by atoms with Gasteiger partial charge in [-0.15, -0.1) is 0 Å². The largest absolute Gasteiger partial charge is 0.478 e. The van der Waals surface area contributed by atoms with E-state index in [9.17, 15) is 19.5 Å². The molecule has 0 saturated heterocycles. The predicted molar refractivity (Wildman–Crippen MR) is 120 cm³/mol. The summed E-state index contributed by atoms with van der Waals surface area (Å²) in [6, 6.07) is 18.2. The minimum absolute atomic E-state index is 0.0759. The van der Waals surface area contributed by atoms with Crippen LogP contribution in [0.3, 0.4) is 0 Å². The Morgan fingerprint density at radius 3 is 2.35 bits per heavy atom. The van der Waals surface area contributed by atoms with Crippen LogP contribution in [-0.4, -0.2) is 28.9 Å². The maximum absolute atomic E-state index is 12.6. The third-order valence-corrected chi connectivity index (χ3v) is 5.24. The van der Waals surface area contributed by atoms with Crippen molar-refractivity contribution in [1.29, 1.82) is 0 Å². The molecule has 31 heavy (non-hydrogen) atoms. The number of carbonyl (C=O) groups excluding carboxylic acids is 2. The number of hydrogen-bond donors (Lipinski definition) is 3. The zero-order chi connectivity index (χ0) is 22.0. The molecule has 3 N–H and O–H groups in total. The molecule has 3 aromatic carbocycles. The van der Waals surface area contributed by atoms with Gasteiger partial charge >= 0.3 is 5.97 Å². The van der Waals surface area contributed by atoms with E-state index in [0.29, 0.717) is 5.56 Å². The zero-order valence-electron chi connectivity index (χ0n) is 17.0. The Labute approximate surface area is 179 Å². The Morgan fingerprint density at radius 2 is 1.65 bits per heavy atom. The number of carboxylic acid groups (broad SMARTS) is 1. The number of benzene rings is 3. The van der Waals surface area contributed by atoms with Crippen molar-refractivity contribution >= 4 is 39.8 Å². The van der Waals surface area contributed by atoms with Gasteiger partial charge in [0.15, 0.2) is 0 Å². The van der Waals surface area contributed by atoms with Gasteiger partial charge in [0.25, 0.3) is 5.91 Å². The molecule has 0 aliphatic heterocycles. The van der Waals surface area contributed by atoms with E-state index in [0.717, 1.165) is 34.8 Å². The van der Waals surface area contributed by atoms with Crippen LogP contribution in [-0.2, 0) is 4.79 Å². The summed E-state index contributed by atoms with van der Waals surface area (Å²) in [5.41, 5.74) is 1.95. The molecule has 0 aromatic heterocycles. The van der Waals surface area contributed by atoms with E-state index in [-0.39, 0.29) is 23.2 Å². The fourth-order valence-corrected chi connectivity index (χ4v) is 3.36. The number of hydrogen-bond acceptors (Lipinski definition) is 3. The van der Waals surface area contributed by atoms with Gasteiger partial charge in [0.2, 0.25) is 5.91 Å². The van der Waals surface area contributed by atoms with Gasteiger partial charge in [-0.2, -0.15) is 0 Å². The van der Waals surface area contributed by atoms with Crippen molar-refractivity contribution in [3.63, 3.8) is 0 Å². The predicted octanol–water partition coefficient (Wildman–Crippen LogP) is 4.47. The van der Waals surface area contributed by atoms with Crippen molar-refractivity contribution in [1.82, 2.24) is 5.32 Å². The molecule has 1 aliphatic rings. The standard InChI is InChI=1S/C25H22N2O4/c1-15(17-7-6-16-4-2-3-5-18(16)13-17)12-23(28)27-22-14-19(8-11-21(22)25(30)31)24(29)26-20-9-10-20/h2-8,11-14,20H,9-10H2,1H3,(H,26,29)(H,27,28)(H,30,31)/b15-12-. The van der Waals surface area contributed by atoms with Crippen LogP contribution in [0.1, 0.15) is 46.0 Å². The van der Waals surface area contributed by atoms with Crippen molar-refractivity contribution < 1.29 is 19.5 Å². The first-order valence-electron chi connectivity index (χ1n) is 10.1. The van der Waals surface area contributed by atoms with E-state index in [1.165, 1.54) is 24.3 Å². The van der Waals surface area contributed by atoms with Gasteiger partial charge in [0.1, 0.15) is 0 Å². The van der Waals surface area contributed by atoms with Gasteiger partial charge in [-0.25, -0.2) is 4.79 Å². The number of carbonyl (C=O) groups is 3. The van der Waals surface area contributed by atoms with E-state index in [4.69, 9.17) is 0 Å². The molecule has 6 heteroatoms. The highest BCUT2D eigenvalue weighted by molar-refractivity contribution is 6.08. The van der Waals surface area contributed by atoms with E-state index in [1.54, 1.807) is 0 Å². The molecule has 0 radical (unpaired) electrons. The minimum Gasteiger partial charge on any atom is -0.478 e. The fraction of sp³-hybridized carbons (Fsp3) is 0.160. The van der Waals surface area contributed by atoms with Gasteiger partial charge in [-0.1, -0.05) is 36.4 Å². The number of fused-ring (bicyclic) bond motifs is 1. The number of aromatic carboxylic acids is 1. The molecule has 0 bridgehead atoms. The summed E-state index contributed by atoms with van der Waals surface area (Å²) < 4.78 is 0. The summed E-state index contributed by atoms with van der Waals surface area (Å²) in [7, 11) is 0. The van der Waals surface area contributed by atoms with Crippen molar-refractivity contribution in [2.75, 3.05) is 5.32 Å². The summed E-state index contributed by atoms with van der Waals surface area (Å²) in [4.78, 5) is 36.5. The highest BCUT2D eigenvalue weighted by Crippen LogP contribution is 2.23. The topological polar surface area (TPSA) is 95.5 Å². The highest BCUT2D eigenvalue weighted by atomic mass is 16.4. The van der Waals surface area contributed by atoms with Crippen molar-refractivity contribution in [2.45, 2.75) is 25.8 Å². The SMILES string of the molecule is C/C(=C/C(=O)Nc1cc(C(=O)NC2CC2)ccc1C(=O)O)c1ccc2ccccc2c1. The summed E-state index contributed by atoms with van der Waals surface area (Å²) in [6.45, 7) is 1.82. The lowest BCUT2D eigenvalue weighted by atomic mass is 10.0. The van der Waals surface area contributed by atoms with Crippen LogP contribution in [0.25, 0.3) is 16.3 Å². The monoisotopic (exact) mass is 414 g/mol. The maximum atomic E-state index is 12.6. The number of carboxylic acids is 1. The molecule has 0 spiro atoms. The lowest BCUT2D eigenvalue weighted by molar-refractivity contribution is -0.111. The van der Waals surface area contributed by atoms with Crippen LogP contribution >= 0.6 is 0 Å². The average Bonchev–Trinajstić information content (AvgIpc) is 3.57. The second-order valence-corrected chi connectivity index (χ2v) is 7.69. The van der Waals surface area contributed by atoms with Crippen LogP contribution in [0.4, 0.5) is 5.69 Å². The van der Waals surface area contributed by atoms with E-state index in [1.807, 2.05) is 49.4 Å². The van der Waals surface area contributed by atoms with Crippen molar-refractivity contribution in [3.8, 4) is 0 Å². The molecule has 1 saturated carbocycles. The summed E-state index contributed by atoms with van der Waals surface area (Å²) in [6.07, 6.45) is 3.31. The molecule has 6 nitrogen and oxygen atoms in total. The Kier molecular flexibility index (Phi) is 5.54. The maximum Gasteiger partial charge on any atom is 0.337 e. The number of anilines is 1. The van der Waals surface area contributed by atoms with E-state index in [2.05, 4.69) is 10.6 Å². The summed E-state index contributed by atoms with van der Waals surface area (Å²) in [5.74, 6) is -1.93. The normalized spacial score (nSPS) is 13.6. The smallest absolute Gasteiger partial charge is 0.337 e. The average molecular weight is 414 g/mol. The lowest BCUT2D eigenvalue weighted by Gasteiger charge is -2.11. The number of rotatable bonds is 6. The molecule has 2 amide bonds. The Morgan fingerprint density at radius 1 is 0.935 bits per heavy atom. The number of allylic oxidation sites excluding steroid dienone is 1. The summed E-state index contributed by atoms with van der Waals surface area (Å²) in [5, 5.41) is 17.1. The molecule has 0 unspecified atom stereocenters. The van der Waals surface area contributed by atoms with Crippen LogP contribution in [0, 0.1) is 0 Å². The second kappa shape index (κ2) is 8.44. The first-order chi connectivity index (χ1) is 14.9. The second-order valence-electron chi connectivity index (χ2n) is 7.69. The fourth-order valence-electron chi connectivity index (χ4n) is 3.36. The minimum atomic E-state index is -1.18. The Hall–Kier alpha value is -3.93. The van der Waals surface area contributed by atoms with Gasteiger partial charge in [0.05, 0.1) is 11.3 Å². The molecule has 0 heterocycles. The van der Waals surface area contributed by atoms with Gasteiger partial charge in [-0.05, 0) is 65.9 Å². The highest BCUT2D eigenvalue weighted by Gasteiger charge is 2.24.